The van der Waals surface area contributed by atoms with Crippen LogP contribution in [0.3, 0.4) is 0 Å². The Balaban J connectivity index is 1.59. The average Bonchev–Trinajstić information content (AvgIpc) is 3.12. The van der Waals surface area contributed by atoms with Crippen molar-refractivity contribution in [3.8, 4) is 5.75 Å². The van der Waals surface area contributed by atoms with Crippen molar-refractivity contribution < 1.29 is 23.9 Å². The van der Waals surface area contributed by atoms with Gasteiger partial charge in [-0.15, -0.1) is 0 Å². The van der Waals surface area contributed by atoms with E-state index in [-0.39, 0.29) is 13.2 Å². The molecule has 0 bridgehead atoms. The van der Waals surface area contributed by atoms with Gasteiger partial charge in [-0.1, -0.05) is 35.9 Å². The van der Waals surface area contributed by atoms with E-state index in [1.807, 2.05) is 44.2 Å². The zero-order valence-electron chi connectivity index (χ0n) is 17.5. The van der Waals surface area contributed by atoms with Gasteiger partial charge in [-0.2, -0.15) is 0 Å². The minimum absolute atomic E-state index is 0.0506. The van der Waals surface area contributed by atoms with Crippen LogP contribution in [0.15, 0.2) is 53.7 Å². The van der Waals surface area contributed by atoms with E-state index in [1.54, 1.807) is 12.1 Å². The molecule has 8 nitrogen and oxygen atoms in total. The molecule has 2 aliphatic heterocycles. The van der Waals surface area contributed by atoms with Crippen molar-refractivity contribution in [3.05, 3.63) is 70.4 Å². The lowest BCUT2D eigenvalue weighted by Gasteiger charge is -2.32. The van der Waals surface area contributed by atoms with Gasteiger partial charge in [-0.25, -0.2) is 9.59 Å². The number of nitrogens with one attached hydrogen (secondary N) is 2. The number of rotatable bonds is 5. The zero-order valence-corrected chi connectivity index (χ0v) is 17.5. The summed E-state index contributed by atoms with van der Waals surface area (Å²) in [4.78, 5) is 39.3. The molecule has 31 heavy (non-hydrogen) atoms. The Labute approximate surface area is 179 Å². The molecule has 2 heterocycles. The van der Waals surface area contributed by atoms with Gasteiger partial charge >= 0.3 is 12.0 Å². The van der Waals surface area contributed by atoms with Gasteiger partial charge in [0.1, 0.15) is 18.9 Å². The molecule has 160 valence electrons. The number of hydrogen-bond acceptors (Lipinski definition) is 5. The van der Waals surface area contributed by atoms with Gasteiger partial charge in [-0.05, 0) is 37.1 Å². The number of carbonyl (C=O) groups excluding carboxylic acids is 3. The highest BCUT2D eigenvalue weighted by Crippen LogP contribution is 2.35. The van der Waals surface area contributed by atoms with Crippen LogP contribution < -0.4 is 15.4 Å². The summed E-state index contributed by atoms with van der Waals surface area (Å²) in [5, 5.41) is 5.60. The van der Waals surface area contributed by atoms with Crippen molar-refractivity contribution >= 4 is 23.6 Å². The first-order chi connectivity index (χ1) is 14.9. The fourth-order valence-corrected chi connectivity index (χ4v) is 3.74. The van der Waals surface area contributed by atoms with Gasteiger partial charge in [0.15, 0.2) is 0 Å². The van der Waals surface area contributed by atoms with Crippen LogP contribution >= 0.6 is 0 Å². The van der Waals surface area contributed by atoms with E-state index >= 15 is 0 Å². The number of nitrogens with zero attached hydrogens (tertiary/aromatic N) is 1. The zero-order chi connectivity index (χ0) is 22.1. The quantitative estimate of drug-likeness (QED) is 0.724. The first kappa shape index (κ1) is 20.5. The van der Waals surface area contributed by atoms with E-state index < -0.39 is 23.9 Å². The van der Waals surface area contributed by atoms with Crippen LogP contribution in [-0.2, 0) is 14.3 Å². The summed E-state index contributed by atoms with van der Waals surface area (Å²) in [5.74, 6) is -0.397. The Morgan fingerprint density at radius 3 is 2.58 bits per heavy atom. The Kier molecular flexibility index (Phi) is 5.37. The highest BCUT2D eigenvalue weighted by molar-refractivity contribution is 6.00. The van der Waals surface area contributed by atoms with Crippen LogP contribution in [0, 0.1) is 13.8 Å². The number of amides is 3. The standard InChI is InChI=1S/C23H23N3O5/c1-13-4-7-15(8-5-13)21-20-17(12-31-22(20)28)26(23(29)25-21)11-19(27)24-16-10-14(2)6-9-18(16)30-3/h4-10,21H,11-12H2,1-3H3,(H,24,27)(H,25,29)/t21-/m1/s1. The topological polar surface area (TPSA) is 97.0 Å². The van der Waals surface area contributed by atoms with E-state index in [4.69, 9.17) is 9.47 Å². The Bertz CT molecular complexity index is 1090. The number of cyclic esters (lactones) is 1. The van der Waals surface area contributed by atoms with Crippen molar-refractivity contribution in [1.29, 1.82) is 0 Å². The maximum Gasteiger partial charge on any atom is 0.338 e. The number of anilines is 1. The predicted octanol–water partition coefficient (Wildman–Crippen LogP) is 2.83. The maximum atomic E-state index is 12.9. The highest BCUT2D eigenvalue weighted by atomic mass is 16.5. The average molecular weight is 421 g/mol. The number of methoxy groups -OCH3 is 1. The van der Waals surface area contributed by atoms with Crippen LogP contribution in [0.1, 0.15) is 22.7 Å². The Morgan fingerprint density at radius 1 is 1.16 bits per heavy atom. The van der Waals surface area contributed by atoms with Gasteiger partial charge in [0.05, 0.1) is 30.1 Å². The lowest BCUT2D eigenvalue weighted by molar-refractivity contribution is -0.136. The summed E-state index contributed by atoms with van der Waals surface area (Å²) >= 11 is 0. The minimum atomic E-state index is -0.616. The molecule has 0 aromatic heterocycles. The van der Waals surface area contributed by atoms with E-state index in [0.29, 0.717) is 22.7 Å². The largest absolute Gasteiger partial charge is 0.495 e. The molecule has 0 fully saturated rings. The fraction of sp³-hybridized carbons (Fsp3) is 0.261. The lowest BCUT2D eigenvalue weighted by Crippen LogP contribution is -2.49. The van der Waals surface area contributed by atoms with Crippen LogP contribution in [0.2, 0.25) is 0 Å². The van der Waals surface area contributed by atoms with E-state index in [0.717, 1.165) is 16.7 Å². The predicted molar refractivity (Wildman–Crippen MR) is 114 cm³/mol. The molecule has 4 rings (SSSR count). The third kappa shape index (κ3) is 3.96. The normalized spacial score (nSPS) is 17.8. The van der Waals surface area contributed by atoms with Crippen molar-refractivity contribution in [3.63, 3.8) is 0 Å². The monoisotopic (exact) mass is 421 g/mol. The molecule has 2 aromatic carbocycles. The summed E-state index contributed by atoms with van der Waals surface area (Å²) in [5.41, 5.74) is 4.07. The second-order valence-corrected chi connectivity index (χ2v) is 7.57. The summed E-state index contributed by atoms with van der Waals surface area (Å²) < 4.78 is 10.5. The van der Waals surface area contributed by atoms with Crippen molar-refractivity contribution in [2.24, 2.45) is 0 Å². The summed E-state index contributed by atoms with van der Waals surface area (Å²) in [7, 11) is 1.52. The SMILES string of the molecule is COc1ccc(C)cc1NC(=O)CN1C(=O)N[C@H](c2ccc(C)cc2)C2=C1COC2=O. The molecule has 2 aliphatic rings. The summed E-state index contributed by atoms with van der Waals surface area (Å²) in [6.07, 6.45) is 0. The molecule has 0 unspecified atom stereocenters. The molecule has 1 atom stereocenters. The van der Waals surface area contributed by atoms with Gasteiger partial charge in [0.25, 0.3) is 0 Å². The van der Waals surface area contributed by atoms with Crippen LogP contribution in [-0.4, -0.2) is 43.1 Å². The number of esters is 1. The molecule has 2 N–H and O–H groups in total. The third-order valence-electron chi connectivity index (χ3n) is 5.34. The first-order valence-corrected chi connectivity index (χ1v) is 9.86. The number of carbonyl (C=O) groups is 3. The molecule has 8 heteroatoms. The molecule has 0 saturated carbocycles. The van der Waals surface area contributed by atoms with E-state index in [1.165, 1.54) is 12.0 Å². The molecule has 0 spiro atoms. The van der Waals surface area contributed by atoms with E-state index in [9.17, 15) is 14.4 Å². The molecule has 3 amide bonds. The lowest BCUT2D eigenvalue weighted by atomic mass is 9.95. The minimum Gasteiger partial charge on any atom is -0.495 e. The van der Waals surface area contributed by atoms with Gasteiger partial charge in [-0.3, -0.25) is 9.69 Å². The van der Waals surface area contributed by atoms with Crippen molar-refractivity contribution in [1.82, 2.24) is 10.2 Å². The van der Waals surface area contributed by atoms with Crippen molar-refractivity contribution in [2.45, 2.75) is 19.9 Å². The van der Waals surface area contributed by atoms with Crippen LogP contribution in [0.5, 0.6) is 5.75 Å². The van der Waals surface area contributed by atoms with Crippen molar-refractivity contribution in [2.75, 3.05) is 25.6 Å². The van der Waals surface area contributed by atoms with Gasteiger partial charge < -0.3 is 20.1 Å². The number of hydrogen-bond donors (Lipinski definition) is 2. The number of urea groups is 1. The molecular weight excluding hydrogens is 398 g/mol. The number of ether oxygens (including phenoxy) is 2. The molecule has 2 aromatic rings. The number of benzene rings is 2. The molecule has 0 saturated heterocycles. The molecular formula is C23H23N3O5. The summed E-state index contributed by atoms with van der Waals surface area (Å²) in [6, 6.07) is 11.9. The van der Waals surface area contributed by atoms with Gasteiger partial charge in [0.2, 0.25) is 5.91 Å². The highest BCUT2D eigenvalue weighted by Gasteiger charge is 2.42. The number of aryl methyl sites for hydroxylation is 2. The van der Waals surface area contributed by atoms with Crippen LogP contribution in [0.25, 0.3) is 0 Å². The Morgan fingerprint density at radius 2 is 1.87 bits per heavy atom. The Hall–Kier alpha value is -3.81. The maximum absolute atomic E-state index is 12.9. The second kappa shape index (κ2) is 8.14. The van der Waals surface area contributed by atoms with E-state index in [2.05, 4.69) is 10.6 Å². The second-order valence-electron chi connectivity index (χ2n) is 7.57. The summed E-state index contributed by atoms with van der Waals surface area (Å²) in [6.45, 7) is 3.54. The first-order valence-electron chi connectivity index (χ1n) is 9.86. The fourth-order valence-electron chi connectivity index (χ4n) is 3.74. The van der Waals surface area contributed by atoms with Crippen LogP contribution in [0.4, 0.5) is 10.5 Å². The van der Waals surface area contributed by atoms with Gasteiger partial charge in [0, 0.05) is 0 Å². The third-order valence-corrected chi connectivity index (χ3v) is 5.34. The smallest absolute Gasteiger partial charge is 0.338 e. The molecule has 0 aliphatic carbocycles. The molecule has 0 radical (unpaired) electrons.